The SMILES string of the molecule is CC[C@H](NC(=O)NC(C)CCC(C)C)C(=O)O. The van der Waals surface area contributed by atoms with Crippen LogP contribution in [0, 0.1) is 5.92 Å². The Hall–Kier alpha value is -1.26. The van der Waals surface area contributed by atoms with Gasteiger partial charge < -0.3 is 15.7 Å². The Morgan fingerprint density at radius 2 is 1.71 bits per heavy atom. The van der Waals surface area contributed by atoms with Gasteiger partial charge in [0.25, 0.3) is 0 Å². The van der Waals surface area contributed by atoms with E-state index >= 15 is 0 Å². The Balaban J connectivity index is 3.95. The van der Waals surface area contributed by atoms with Crippen LogP contribution in [-0.4, -0.2) is 29.2 Å². The van der Waals surface area contributed by atoms with Gasteiger partial charge in [0.2, 0.25) is 0 Å². The van der Waals surface area contributed by atoms with Crippen LogP contribution in [0.2, 0.25) is 0 Å². The van der Waals surface area contributed by atoms with Crippen LogP contribution in [0.4, 0.5) is 4.79 Å². The lowest BCUT2D eigenvalue weighted by atomic mass is 10.0. The molecule has 0 aliphatic rings. The molecule has 0 aromatic rings. The van der Waals surface area contributed by atoms with Crippen molar-refractivity contribution in [3.05, 3.63) is 0 Å². The second-order valence-corrected chi connectivity index (χ2v) is 4.79. The first-order valence-corrected chi connectivity index (χ1v) is 6.16. The van der Waals surface area contributed by atoms with Crippen LogP contribution in [0.3, 0.4) is 0 Å². The minimum atomic E-state index is -1.00. The van der Waals surface area contributed by atoms with Crippen LogP contribution in [0.5, 0.6) is 0 Å². The molecule has 0 rings (SSSR count). The van der Waals surface area contributed by atoms with E-state index < -0.39 is 18.0 Å². The summed E-state index contributed by atoms with van der Waals surface area (Å²) in [5, 5.41) is 14.0. The normalized spacial score (nSPS) is 14.2. The van der Waals surface area contributed by atoms with Crippen LogP contribution < -0.4 is 10.6 Å². The van der Waals surface area contributed by atoms with Crippen molar-refractivity contribution in [3.63, 3.8) is 0 Å². The van der Waals surface area contributed by atoms with Gasteiger partial charge in [-0.2, -0.15) is 0 Å². The van der Waals surface area contributed by atoms with Gasteiger partial charge in [0.1, 0.15) is 6.04 Å². The zero-order valence-electron chi connectivity index (χ0n) is 11.1. The van der Waals surface area contributed by atoms with E-state index in [1.54, 1.807) is 6.92 Å². The molecule has 0 aromatic heterocycles. The molecule has 100 valence electrons. The van der Waals surface area contributed by atoms with Crippen molar-refractivity contribution in [2.75, 3.05) is 0 Å². The Bertz CT molecular complexity index is 254. The van der Waals surface area contributed by atoms with Crippen LogP contribution in [0.1, 0.15) is 47.0 Å². The van der Waals surface area contributed by atoms with Crippen LogP contribution in [0.25, 0.3) is 0 Å². The molecular weight excluding hydrogens is 220 g/mol. The standard InChI is InChI=1S/C12H24N2O3/c1-5-10(11(15)16)14-12(17)13-9(4)7-6-8(2)3/h8-10H,5-7H2,1-4H3,(H,15,16)(H2,13,14,17)/t9?,10-/m0/s1. The molecule has 2 atom stereocenters. The molecule has 0 aliphatic carbocycles. The van der Waals surface area contributed by atoms with Crippen LogP contribution in [0.15, 0.2) is 0 Å². The van der Waals surface area contributed by atoms with E-state index in [1.165, 1.54) is 0 Å². The molecule has 1 unspecified atom stereocenters. The highest BCUT2D eigenvalue weighted by Crippen LogP contribution is 2.06. The van der Waals surface area contributed by atoms with E-state index in [9.17, 15) is 9.59 Å². The summed E-state index contributed by atoms with van der Waals surface area (Å²) in [6, 6.07) is -1.16. The van der Waals surface area contributed by atoms with E-state index in [-0.39, 0.29) is 6.04 Å². The van der Waals surface area contributed by atoms with Gasteiger partial charge in [0.05, 0.1) is 0 Å². The molecule has 0 aromatic carbocycles. The third kappa shape index (κ3) is 7.60. The zero-order chi connectivity index (χ0) is 13.4. The summed E-state index contributed by atoms with van der Waals surface area (Å²) in [6.07, 6.45) is 2.32. The average Bonchev–Trinajstić information content (AvgIpc) is 2.22. The molecule has 0 spiro atoms. The number of carboxylic acid groups (broad SMARTS) is 1. The maximum Gasteiger partial charge on any atom is 0.326 e. The molecule has 2 amide bonds. The van der Waals surface area contributed by atoms with Crippen LogP contribution >= 0.6 is 0 Å². The summed E-state index contributed by atoms with van der Waals surface area (Å²) in [7, 11) is 0. The highest BCUT2D eigenvalue weighted by Gasteiger charge is 2.18. The fourth-order valence-corrected chi connectivity index (χ4v) is 1.42. The summed E-state index contributed by atoms with van der Waals surface area (Å²) in [4.78, 5) is 22.2. The molecule has 0 heterocycles. The minimum Gasteiger partial charge on any atom is -0.480 e. The number of nitrogens with one attached hydrogen (secondary N) is 2. The third-order valence-corrected chi connectivity index (χ3v) is 2.57. The average molecular weight is 244 g/mol. The Morgan fingerprint density at radius 3 is 2.12 bits per heavy atom. The molecule has 0 saturated carbocycles. The lowest BCUT2D eigenvalue weighted by Crippen LogP contribution is -2.48. The third-order valence-electron chi connectivity index (χ3n) is 2.57. The summed E-state index contributed by atoms with van der Waals surface area (Å²) in [5.41, 5.74) is 0. The summed E-state index contributed by atoms with van der Waals surface area (Å²) >= 11 is 0. The second kappa shape index (κ2) is 7.92. The Morgan fingerprint density at radius 1 is 1.12 bits per heavy atom. The van der Waals surface area contributed by atoms with Gasteiger partial charge >= 0.3 is 12.0 Å². The monoisotopic (exact) mass is 244 g/mol. The number of urea groups is 1. The van der Waals surface area contributed by atoms with E-state index in [2.05, 4.69) is 24.5 Å². The smallest absolute Gasteiger partial charge is 0.326 e. The first-order chi connectivity index (χ1) is 7.86. The number of carbonyl (C=O) groups excluding carboxylic acids is 1. The largest absolute Gasteiger partial charge is 0.480 e. The molecule has 5 heteroatoms. The fourth-order valence-electron chi connectivity index (χ4n) is 1.42. The molecule has 3 N–H and O–H groups in total. The van der Waals surface area contributed by atoms with Crippen molar-refractivity contribution >= 4 is 12.0 Å². The van der Waals surface area contributed by atoms with E-state index in [1.807, 2.05) is 6.92 Å². The number of rotatable bonds is 7. The number of aliphatic carboxylic acids is 1. The predicted octanol–water partition coefficient (Wildman–Crippen LogP) is 1.97. The van der Waals surface area contributed by atoms with Crippen molar-refractivity contribution in [2.45, 2.75) is 59.0 Å². The van der Waals surface area contributed by atoms with E-state index in [4.69, 9.17) is 5.11 Å². The Kier molecular flexibility index (Phi) is 7.34. The Labute approximate surface area is 103 Å². The number of hydrogen-bond donors (Lipinski definition) is 3. The summed E-state index contributed by atoms with van der Waals surface area (Å²) < 4.78 is 0. The molecule has 0 radical (unpaired) electrons. The maximum absolute atomic E-state index is 11.5. The van der Waals surface area contributed by atoms with Gasteiger partial charge in [-0.05, 0) is 32.1 Å². The number of carbonyl (C=O) groups is 2. The molecule has 17 heavy (non-hydrogen) atoms. The lowest BCUT2D eigenvalue weighted by Gasteiger charge is -2.18. The van der Waals surface area contributed by atoms with Crippen molar-refractivity contribution in [2.24, 2.45) is 5.92 Å². The molecule has 0 bridgehead atoms. The summed E-state index contributed by atoms with van der Waals surface area (Å²) in [6.45, 7) is 7.90. The van der Waals surface area contributed by atoms with E-state index in [0.717, 1.165) is 12.8 Å². The second-order valence-electron chi connectivity index (χ2n) is 4.79. The highest BCUT2D eigenvalue weighted by atomic mass is 16.4. The molecular formula is C12H24N2O3. The van der Waals surface area contributed by atoms with Crippen molar-refractivity contribution in [3.8, 4) is 0 Å². The van der Waals surface area contributed by atoms with Crippen molar-refractivity contribution in [1.82, 2.24) is 10.6 Å². The lowest BCUT2D eigenvalue weighted by molar-refractivity contribution is -0.139. The van der Waals surface area contributed by atoms with Crippen LogP contribution in [-0.2, 0) is 4.79 Å². The topological polar surface area (TPSA) is 78.4 Å². The maximum atomic E-state index is 11.5. The van der Waals surface area contributed by atoms with Gasteiger partial charge in [-0.25, -0.2) is 9.59 Å². The van der Waals surface area contributed by atoms with Crippen molar-refractivity contribution < 1.29 is 14.7 Å². The first kappa shape index (κ1) is 15.7. The number of amides is 2. The number of hydrogen-bond acceptors (Lipinski definition) is 2. The highest BCUT2D eigenvalue weighted by molar-refractivity contribution is 5.82. The van der Waals surface area contributed by atoms with Gasteiger partial charge in [-0.15, -0.1) is 0 Å². The molecule has 0 aliphatic heterocycles. The summed E-state index contributed by atoms with van der Waals surface area (Å²) in [5.74, 6) is -0.401. The zero-order valence-corrected chi connectivity index (χ0v) is 11.1. The molecule has 0 saturated heterocycles. The molecule has 0 fully saturated rings. The first-order valence-electron chi connectivity index (χ1n) is 6.16. The van der Waals surface area contributed by atoms with Crippen molar-refractivity contribution in [1.29, 1.82) is 0 Å². The van der Waals surface area contributed by atoms with Gasteiger partial charge in [-0.1, -0.05) is 20.8 Å². The predicted molar refractivity (Wildman–Crippen MR) is 66.9 cm³/mol. The van der Waals surface area contributed by atoms with E-state index in [0.29, 0.717) is 12.3 Å². The number of carboxylic acids is 1. The molecule has 5 nitrogen and oxygen atoms in total. The quantitative estimate of drug-likeness (QED) is 0.640. The minimum absolute atomic E-state index is 0.0590. The van der Waals surface area contributed by atoms with Gasteiger partial charge in [0.15, 0.2) is 0 Å². The van der Waals surface area contributed by atoms with Gasteiger partial charge in [0, 0.05) is 6.04 Å². The van der Waals surface area contributed by atoms with Gasteiger partial charge in [-0.3, -0.25) is 0 Å². The fraction of sp³-hybridized carbons (Fsp3) is 0.833.